The van der Waals surface area contributed by atoms with Crippen molar-refractivity contribution >= 4 is 18.7 Å². The highest BCUT2D eigenvalue weighted by atomic mass is 28.4. The summed E-state index contributed by atoms with van der Waals surface area (Å²) in [5, 5.41) is 24.9. The lowest BCUT2D eigenvalue weighted by molar-refractivity contribution is 0.128. The molecule has 47 heavy (non-hydrogen) atoms. The van der Waals surface area contributed by atoms with Gasteiger partial charge in [0.05, 0.1) is 35.0 Å². The molecule has 0 saturated heterocycles. The third-order valence-electron chi connectivity index (χ3n) is 9.91. The number of fused-ring (bicyclic) bond motifs is 6. The zero-order valence-corrected chi connectivity index (χ0v) is 29.1. The highest BCUT2D eigenvalue weighted by molar-refractivity contribution is 6.99. The average Bonchev–Trinajstić information content (AvgIpc) is 3.17. The fraction of sp³-hybridized carbons (Fsp3) is 0.368. The van der Waals surface area contributed by atoms with Crippen LogP contribution in [0.1, 0.15) is 43.4 Å². The summed E-state index contributed by atoms with van der Waals surface area (Å²) in [6.45, 7) is 7.58. The van der Waals surface area contributed by atoms with Crippen molar-refractivity contribution in [3.63, 3.8) is 0 Å². The van der Waals surface area contributed by atoms with Crippen LogP contribution in [-0.2, 0) is 10.8 Å². The summed E-state index contributed by atoms with van der Waals surface area (Å²) in [4.78, 5) is 0. The maximum atomic E-state index is 11.4. The lowest BCUT2D eigenvalue weighted by atomic mass is 9.66. The minimum Gasteiger partial charge on any atom is -0.502 e. The highest BCUT2D eigenvalue weighted by Crippen LogP contribution is 2.60. The molecule has 1 aliphatic heterocycles. The van der Waals surface area contributed by atoms with Crippen molar-refractivity contribution in [2.75, 3.05) is 41.7 Å². The molecule has 0 unspecified atom stereocenters. The van der Waals surface area contributed by atoms with Gasteiger partial charge in [-0.15, -0.1) is 0 Å². The average molecular weight is 657 g/mol. The SMILES string of the molecule is COc1cc2c(c(OC)c1O)[C@@H]1c3c(cc(OC)c(O)c3OC)OC[C@H](C2)[C@@H]1CO[Si](c1ccccc1)(c1ccccc1)C(C)(C)C. The molecule has 0 radical (unpaired) electrons. The first-order valence-electron chi connectivity index (χ1n) is 15.9. The van der Waals surface area contributed by atoms with Crippen LogP contribution >= 0.6 is 0 Å². The Kier molecular flexibility index (Phi) is 8.80. The van der Waals surface area contributed by atoms with Crippen LogP contribution in [0.4, 0.5) is 0 Å². The zero-order chi connectivity index (χ0) is 33.5. The minimum absolute atomic E-state index is 0.00918. The third kappa shape index (κ3) is 5.25. The predicted molar refractivity (Wildman–Crippen MR) is 184 cm³/mol. The normalized spacial score (nSPS) is 18.7. The van der Waals surface area contributed by atoms with Crippen molar-refractivity contribution in [1.29, 1.82) is 0 Å². The molecular weight excluding hydrogens is 612 g/mol. The van der Waals surface area contributed by atoms with E-state index in [1.54, 1.807) is 13.2 Å². The zero-order valence-electron chi connectivity index (χ0n) is 28.1. The van der Waals surface area contributed by atoms with E-state index in [1.165, 1.54) is 31.7 Å². The first-order chi connectivity index (χ1) is 22.6. The topological polar surface area (TPSA) is 95.8 Å². The Balaban J connectivity index is 1.59. The second kappa shape index (κ2) is 12.7. The van der Waals surface area contributed by atoms with E-state index in [4.69, 9.17) is 28.1 Å². The first kappa shape index (κ1) is 32.6. The van der Waals surface area contributed by atoms with Crippen LogP contribution in [0.25, 0.3) is 0 Å². The molecule has 8 nitrogen and oxygen atoms in total. The smallest absolute Gasteiger partial charge is 0.261 e. The fourth-order valence-corrected chi connectivity index (χ4v) is 12.4. The van der Waals surface area contributed by atoms with E-state index >= 15 is 0 Å². The van der Waals surface area contributed by atoms with Gasteiger partial charge in [-0.3, -0.25) is 0 Å². The molecule has 2 bridgehead atoms. The number of methoxy groups -OCH3 is 4. The standard InChI is InChI=1S/C38H44O8Si/c1-38(2,3)47(25-14-10-8-11-15-25,26-16-12-9-13-17-26)46-22-27-24-18-23-19-29(41-4)34(39)36(43-6)31(23)32(27)33-28(45-21-24)20-30(42-5)35(40)37(33)44-7/h8-17,19-20,24,27,32,39-40H,18,21-22H2,1-7H3/t24-,27-,32+/m0/s1. The summed E-state index contributed by atoms with van der Waals surface area (Å²) in [5.74, 6) is 0.945. The molecule has 1 aliphatic carbocycles. The van der Waals surface area contributed by atoms with E-state index in [0.29, 0.717) is 42.4 Å². The van der Waals surface area contributed by atoms with Gasteiger partial charge in [0.15, 0.2) is 23.0 Å². The van der Waals surface area contributed by atoms with Crippen molar-refractivity contribution in [3.8, 4) is 40.2 Å². The van der Waals surface area contributed by atoms with Gasteiger partial charge < -0.3 is 38.3 Å². The highest BCUT2D eigenvalue weighted by Gasteiger charge is 2.53. The number of benzene rings is 4. The number of hydrogen-bond acceptors (Lipinski definition) is 8. The van der Waals surface area contributed by atoms with Gasteiger partial charge >= 0.3 is 0 Å². The van der Waals surface area contributed by atoms with E-state index in [9.17, 15) is 10.2 Å². The van der Waals surface area contributed by atoms with Gasteiger partial charge in [-0.05, 0) is 39.4 Å². The molecule has 3 atom stereocenters. The molecule has 0 aromatic heterocycles. The molecule has 2 aliphatic rings. The summed E-state index contributed by atoms with van der Waals surface area (Å²) in [6.07, 6.45) is 0.646. The summed E-state index contributed by atoms with van der Waals surface area (Å²) in [7, 11) is 3.18. The van der Waals surface area contributed by atoms with Gasteiger partial charge in [0.25, 0.3) is 8.32 Å². The van der Waals surface area contributed by atoms with Crippen molar-refractivity contribution in [2.45, 2.75) is 38.1 Å². The monoisotopic (exact) mass is 656 g/mol. The summed E-state index contributed by atoms with van der Waals surface area (Å²) in [6, 6.07) is 24.7. The van der Waals surface area contributed by atoms with Gasteiger partial charge in [0.1, 0.15) is 5.75 Å². The van der Waals surface area contributed by atoms with E-state index in [1.807, 2.05) is 18.2 Å². The Bertz CT molecular complexity index is 1680. The second-order valence-electron chi connectivity index (χ2n) is 13.3. The molecule has 2 N–H and O–H groups in total. The van der Waals surface area contributed by atoms with Crippen LogP contribution in [0, 0.1) is 11.8 Å². The van der Waals surface area contributed by atoms with Gasteiger partial charge in [0.2, 0.25) is 11.5 Å². The lowest BCUT2D eigenvalue weighted by Crippen LogP contribution is -2.67. The maximum Gasteiger partial charge on any atom is 0.261 e. The largest absolute Gasteiger partial charge is 0.502 e. The number of ether oxygens (including phenoxy) is 5. The Morgan fingerprint density at radius 2 is 1.28 bits per heavy atom. The lowest BCUT2D eigenvalue weighted by Gasteiger charge is -2.46. The van der Waals surface area contributed by atoms with Gasteiger partial charge in [-0.25, -0.2) is 0 Å². The molecular formula is C38H44O8Si. The van der Waals surface area contributed by atoms with Crippen LogP contribution < -0.4 is 34.1 Å². The van der Waals surface area contributed by atoms with Crippen molar-refractivity contribution in [2.24, 2.45) is 11.8 Å². The minimum atomic E-state index is -2.92. The number of hydrogen-bond donors (Lipinski definition) is 2. The Hall–Kier alpha value is -4.34. The second-order valence-corrected chi connectivity index (χ2v) is 17.6. The molecule has 0 fully saturated rings. The molecule has 0 amide bonds. The predicted octanol–water partition coefficient (Wildman–Crippen LogP) is 6.02. The van der Waals surface area contributed by atoms with Crippen LogP contribution in [0.15, 0.2) is 72.8 Å². The van der Waals surface area contributed by atoms with Crippen molar-refractivity contribution in [1.82, 2.24) is 0 Å². The van der Waals surface area contributed by atoms with Gasteiger partial charge in [-0.1, -0.05) is 81.4 Å². The van der Waals surface area contributed by atoms with Crippen LogP contribution in [0.2, 0.25) is 5.04 Å². The van der Waals surface area contributed by atoms with Crippen molar-refractivity contribution < 1.29 is 38.3 Å². The molecule has 248 valence electrons. The Morgan fingerprint density at radius 1 is 0.745 bits per heavy atom. The van der Waals surface area contributed by atoms with Crippen LogP contribution in [0.3, 0.4) is 0 Å². The van der Waals surface area contributed by atoms with Crippen LogP contribution in [-0.4, -0.2) is 60.2 Å². The van der Waals surface area contributed by atoms with Crippen molar-refractivity contribution in [3.05, 3.63) is 89.5 Å². The number of aromatic hydroxyl groups is 2. The van der Waals surface area contributed by atoms with Crippen LogP contribution in [0.5, 0.6) is 40.2 Å². The van der Waals surface area contributed by atoms with E-state index in [2.05, 4.69) is 69.3 Å². The maximum absolute atomic E-state index is 11.4. The molecule has 1 heterocycles. The summed E-state index contributed by atoms with van der Waals surface area (Å²) < 4.78 is 37.0. The third-order valence-corrected chi connectivity index (χ3v) is 14.9. The molecule has 4 aromatic rings. The molecule has 0 spiro atoms. The first-order valence-corrected chi connectivity index (χ1v) is 17.8. The Morgan fingerprint density at radius 3 is 1.79 bits per heavy atom. The molecule has 0 saturated carbocycles. The van der Waals surface area contributed by atoms with Gasteiger partial charge in [0, 0.05) is 35.6 Å². The molecule has 9 heteroatoms. The number of phenolic OH excluding ortho intramolecular Hbond substituents is 2. The quantitative estimate of drug-likeness (QED) is 0.211. The van der Waals surface area contributed by atoms with E-state index in [0.717, 1.165) is 11.1 Å². The van der Waals surface area contributed by atoms with E-state index in [-0.39, 0.29) is 39.9 Å². The fourth-order valence-electron chi connectivity index (χ4n) is 7.83. The molecule has 6 rings (SSSR count). The molecule has 4 aromatic carbocycles. The number of rotatable bonds is 9. The summed E-state index contributed by atoms with van der Waals surface area (Å²) in [5.41, 5.74) is 2.43. The summed E-state index contributed by atoms with van der Waals surface area (Å²) >= 11 is 0. The Labute approximate surface area is 277 Å². The van der Waals surface area contributed by atoms with E-state index < -0.39 is 14.2 Å². The van der Waals surface area contributed by atoms with Gasteiger partial charge in [-0.2, -0.15) is 0 Å². The number of phenols is 2.